The molecule has 1 aliphatic heterocycles. The highest BCUT2D eigenvalue weighted by atomic mass is 79.9. The van der Waals surface area contributed by atoms with Gasteiger partial charge in [0.25, 0.3) is 5.91 Å². The summed E-state index contributed by atoms with van der Waals surface area (Å²) in [5.41, 5.74) is 0.770. The van der Waals surface area contributed by atoms with Gasteiger partial charge in [0.05, 0.1) is 5.56 Å². The number of amides is 1. The normalized spacial score (nSPS) is 20.7. The van der Waals surface area contributed by atoms with Gasteiger partial charge in [-0.1, -0.05) is 19.1 Å². The second-order valence-electron chi connectivity index (χ2n) is 4.12. The van der Waals surface area contributed by atoms with E-state index in [2.05, 4.69) is 22.9 Å². The van der Waals surface area contributed by atoms with Crippen molar-refractivity contribution in [3.8, 4) is 0 Å². The zero-order chi connectivity index (χ0) is 10.8. The molecule has 0 bridgehead atoms. The van der Waals surface area contributed by atoms with Gasteiger partial charge in [-0.2, -0.15) is 0 Å². The molecule has 1 atom stereocenters. The van der Waals surface area contributed by atoms with E-state index in [-0.39, 0.29) is 5.91 Å². The van der Waals surface area contributed by atoms with Crippen LogP contribution in [0, 0.1) is 5.92 Å². The fourth-order valence-electron chi connectivity index (χ4n) is 1.92. The van der Waals surface area contributed by atoms with Crippen LogP contribution in [0.15, 0.2) is 28.7 Å². The minimum Gasteiger partial charge on any atom is -0.338 e. The van der Waals surface area contributed by atoms with Crippen molar-refractivity contribution < 1.29 is 4.79 Å². The molecule has 1 saturated heterocycles. The van der Waals surface area contributed by atoms with Gasteiger partial charge in [0.15, 0.2) is 0 Å². The molecular weight excluding hydrogens is 254 g/mol. The molecule has 2 rings (SSSR count). The fourth-order valence-corrected chi connectivity index (χ4v) is 2.38. The van der Waals surface area contributed by atoms with E-state index >= 15 is 0 Å². The molecule has 1 aliphatic rings. The first-order valence-electron chi connectivity index (χ1n) is 5.22. The SMILES string of the molecule is CC1CCN(C(=O)c2ccccc2Br)C1. The van der Waals surface area contributed by atoms with Gasteiger partial charge in [-0.3, -0.25) is 4.79 Å². The second kappa shape index (κ2) is 4.35. The number of nitrogens with zero attached hydrogens (tertiary/aromatic N) is 1. The standard InChI is InChI=1S/C12H14BrNO/c1-9-6-7-14(8-9)12(15)10-4-2-3-5-11(10)13/h2-5,9H,6-8H2,1H3. The largest absolute Gasteiger partial charge is 0.338 e. The number of carbonyl (C=O) groups excluding carboxylic acids is 1. The monoisotopic (exact) mass is 267 g/mol. The van der Waals surface area contributed by atoms with Crippen molar-refractivity contribution in [3.63, 3.8) is 0 Å². The summed E-state index contributed by atoms with van der Waals surface area (Å²) in [7, 11) is 0. The molecule has 1 heterocycles. The summed E-state index contributed by atoms with van der Waals surface area (Å²) in [5.74, 6) is 0.781. The number of likely N-dealkylation sites (tertiary alicyclic amines) is 1. The van der Waals surface area contributed by atoms with Crippen LogP contribution in [0.4, 0.5) is 0 Å². The van der Waals surface area contributed by atoms with Crippen molar-refractivity contribution in [1.82, 2.24) is 4.90 Å². The molecule has 1 amide bonds. The maximum absolute atomic E-state index is 12.1. The lowest BCUT2D eigenvalue weighted by Gasteiger charge is -2.16. The Morgan fingerprint density at radius 3 is 2.80 bits per heavy atom. The molecule has 80 valence electrons. The summed E-state index contributed by atoms with van der Waals surface area (Å²) in [5, 5.41) is 0. The number of rotatable bonds is 1. The summed E-state index contributed by atoms with van der Waals surface area (Å²) >= 11 is 3.41. The highest BCUT2D eigenvalue weighted by Gasteiger charge is 2.24. The molecule has 1 unspecified atom stereocenters. The van der Waals surface area contributed by atoms with Gasteiger partial charge >= 0.3 is 0 Å². The van der Waals surface area contributed by atoms with Gasteiger partial charge in [-0.15, -0.1) is 0 Å². The minimum absolute atomic E-state index is 0.145. The Balaban J connectivity index is 2.18. The predicted octanol–water partition coefficient (Wildman–Crippen LogP) is 2.93. The smallest absolute Gasteiger partial charge is 0.255 e. The molecule has 15 heavy (non-hydrogen) atoms. The fraction of sp³-hybridized carbons (Fsp3) is 0.417. The lowest BCUT2D eigenvalue weighted by Crippen LogP contribution is -2.28. The first kappa shape index (κ1) is 10.7. The summed E-state index contributed by atoms with van der Waals surface area (Å²) in [4.78, 5) is 14.0. The third-order valence-electron chi connectivity index (χ3n) is 2.82. The van der Waals surface area contributed by atoms with Crippen molar-refractivity contribution >= 4 is 21.8 Å². The van der Waals surface area contributed by atoms with E-state index in [1.165, 1.54) is 0 Å². The van der Waals surface area contributed by atoms with Crippen LogP contribution in [-0.4, -0.2) is 23.9 Å². The van der Waals surface area contributed by atoms with Crippen LogP contribution >= 0.6 is 15.9 Å². The van der Waals surface area contributed by atoms with E-state index in [0.29, 0.717) is 5.92 Å². The molecule has 1 aromatic carbocycles. The Morgan fingerprint density at radius 2 is 2.20 bits per heavy atom. The maximum atomic E-state index is 12.1. The van der Waals surface area contributed by atoms with Crippen molar-refractivity contribution in [1.29, 1.82) is 0 Å². The molecule has 1 aromatic rings. The van der Waals surface area contributed by atoms with Crippen molar-refractivity contribution in [2.75, 3.05) is 13.1 Å². The molecule has 0 aliphatic carbocycles. The molecule has 0 N–H and O–H groups in total. The van der Waals surface area contributed by atoms with E-state index in [1.807, 2.05) is 29.2 Å². The Labute approximate surface area is 98.4 Å². The predicted molar refractivity (Wildman–Crippen MR) is 63.8 cm³/mol. The zero-order valence-corrected chi connectivity index (χ0v) is 10.3. The van der Waals surface area contributed by atoms with Crippen LogP contribution in [0.1, 0.15) is 23.7 Å². The Kier molecular flexibility index (Phi) is 3.10. The van der Waals surface area contributed by atoms with Gasteiger partial charge < -0.3 is 4.90 Å². The van der Waals surface area contributed by atoms with Crippen LogP contribution in [0.25, 0.3) is 0 Å². The quantitative estimate of drug-likeness (QED) is 0.766. The first-order valence-corrected chi connectivity index (χ1v) is 6.01. The van der Waals surface area contributed by atoms with Gasteiger partial charge in [0, 0.05) is 17.6 Å². The van der Waals surface area contributed by atoms with E-state index < -0.39 is 0 Å². The second-order valence-corrected chi connectivity index (χ2v) is 4.98. The van der Waals surface area contributed by atoms with Crippen LogP contribution in [0.3, 0.4) is 0 Å². The summed E-state index contributed by atoms with van der Waals surface area (Å²) in [6.07, 6.45) is 1.12. The van der Waals surface area contributed by atoms with Gasteiger partial charge in [0.1, 0.15) is 0 Å². The molecule has 1 fully saturated rings. The Morgan fingerprint density at radius 1 is 1.47 bits per heavy atom. The summed E-state index contributed by atoms with van der Waals surface area (Å²) in [6, 6.07) is 7.60. The van der Waals surface area contributed by atoms with Gasteiger partial charge in [0.2, 0.25) is 0 Å². The van der Waals surface area contributed by atoms with Crippen LogP contribution < -0.4 is 0 Å². The number of hydrogen-bond donors (Lipinski definition) is 0. The average molecular weight is 268 g/mol. The minimum atomic E-state index is 0.145. The summed E-state index contributed by atoms with van der Waals surface area (Å²) < 4.78 is 0.884. The van der Waals surface area contributed by atoms with Crippen LogP contribution in [-0.2, 0) is 0 Å². The number of carbonyl (C=O) groups is 1. The third kappa shape index (κ3) is 2.23. The van der Waals surface area contributed by atoms with E-state index in [9.17, 15) is 4.79 Å². The number of benzene rings is 1. The molecule has 0 aromatic heterocycles. The lowest BCUT2D eigenvalue weighted by molar-refractivity contribution is 0.0787. The molecule has 3 heteroatoms. The summed E-state index contributed by atoms with van der Waals surface area (Å²) in [6.45, 7) is 3.97. The Bertz CT molecular complexity index is 378. The average Bonchev–Trinajstić information content (AvgIpc) is 2.65. The zero-order valence-electron chi connectivity index (χ0n) is 8.74. The van der Waals surface area contributed by atoms with Crippen LogP contribution in [0.2, 0.25) is 0 Å². The highest BCUT2D eigenvalue weighted by Crippen LogP contribution is 2.22. The molecule has 0 saturated carbocycles. The van der Waals surface area contributed by atoms with Crippen molar-refractivity contribution in [2.45, 2.75) is 13.3 Å². The van der Waals surface area contributed by atoms with Crippen molar-refractivity contribution in [3.05, 3.63) is 34.3 Å². The Hall–Kier alpha value is -0.830. The first-order chi connectivity index (χ1) is 7.18. The lowest BCUT2D eigenvalue weighted by atomic mass is 10.2. The molecular formula is C12H14BrNO. The molecule has 2 nitrogen and oxygen atoms in total. The maximum Gasteiger partial charge on any atom is 0.255 e. The van der Waals surface area contributed by atoms with E-state index in [1.54, 1.807) is 0 Å². The van der Waals surface area contributed by atoms with E-state index in [4.69, 9.17) is 0 Å². The molecule has 0 radical (unpaired) electrons. The highest BCUT2D eigenvalue weighted by molar-refractivity contribution is 9.10. The topological polar surface area (TPSA) is 20.3 Å². The van der Waals surface area contributed by atoms with Crippen LogP contribution in [0.5, 0.6) is 0 Å². The third-order valence-corrected chi connectivity index (χ3v) is 3.51. The van der Waals surface area contributed by atoms with Crippen molar-refractivity contribution in [2.24, 2.45) is 5.92 Å². The van der Waals surface area contributed by atoms with E-state index in [0.717, 1.165) is 29.5 Å². The van der Waals surface area contributed by atoms with Gasteiger partial charge in [-0.05, 0) is 40.4 Å². The van der Waals surface area contributed by atoms with Gasteiger partial charge in [-0.25, -0.2) is 0 Å². The number of halogens is 1. The molecule has 0 spiro atoms. The number of hydrogen-bond acceptors (Lipinski definition) is 1.